The molecule has 0 bridgehead atoms. The van der Waals surface area contributed by atoms with Crippen LogP contribution in [0, 0.1) is 34.4 Å². The molecule has 0 aromatic heterocycles. The van der Waals surface area contributed by atoms with Crippen LogP contribution in [0.15, 0.2) is 35.9 Å². The molecule has 1 aromatic rings. The summed E-state index contributed by atoms with van der Waals surface area (Å²) in [4.78, 5) is 25.6. The van der Waals surface area contributed by atoms with E-state index >= 15 is 0 Å². The Labute approximate surface area is 201 Å². The zero-order valence-corrected chi connectivity index (χ0v) is 20.7. The standard InChI is InChI=1S/C29H35FO4/c1-17(31)29-25(33-28(4,34-29)18-5-8-20(30)9-6-18)16-24-22-10-7-19-15-21(32)11-13-26(19,2)23(22)12-14-27(24,29)3/h5-6,8-9,15,22-25H,7,10-14,16H2,1-4H3/t22-,23+,24+,25-,26+,27+,28-,29-/m1/s1/i30-1. The first-order valence-electron chi connectivity index (χ1n) is 12.9. The van der Waals surface area contributed by atoms with E-state index in [1.165, 1.54) is 17.7 Å². The highest BCUT2D eigenvalue weighted by molar-refractivity contribution is 5.91. The molecule has 1 aromatic carbocycles. The van der Waals surface area contributed by atoms with Crippen LogP contribution < -0.4 is 0 Å². The first kappa shape index (κ1) is 22.6. The lowest BCUT2D eigenvalue weighted by Crippen LogP contribution is -2.59. The second kappa shape index (κ2) is 7.10. The Morgan fingerprint density at radius 3 is 2.47 bits per heavy atom. The Bertz CT molecular complexity index is 1090. The summed E-state index contributed by atoms with van der Waals surface area (Å²) < 4.78 is 27.0. The first-order valence-corrected chi connectivity index (χ1v) is 12.9. The molecule has 4 fully saturated rings. The molecule has 1 aliphatic heterocycles. The molecule has 0 radical (unpaired) electrons. The molecule has 5 heteroatoms. The predicted octanol–water partition coefficient (Wildman–Crippen LogP) is 5.88. The minimum absolute atomic E-state index is 0.0395. The molecule has 34 heavy (non-hydrogen) atoms. The van der Waals surface area contributed by atoms with Gasteiger partial charge in [-0.1, -0.05) is 31.6 Å². The summed E-state index contributed by atoms with van der Waals surface area (Å²) in [6.07, 6.45) is 8.01. The smallest absolute Gasteiger partial charge is 0.193 e. The van der Waals surface area contributed by atoms with E-state index in [2.05, 4.69) is 13.8 Å². The summed E-state index contributed by atoms with van der Waals surface area (Å²) in [6.45, 7) is 8.15. The van der Waals surface area contributed by atoms with Gasteiger partial charge in [0.1, 0.15) is 5.82 Å². The van der Waals surface area contributed by atoms with Crippen molar-refractivity contribution >= 4 is 11.6 Å². The molecular formula is C29H35FO4. The highest BCUT2D eigenvalue weighted by Gasteiger charge is 2.75. The van der Waals surface area contributed by atoms with Gasteiger partial charge in [-0.3, -0.25) is 9.59 Å². The third-order valence-electron chi connectivity index (χ3n) is 10.7. The van der Waals surface area contributed by atoms with Gasteiger partial charge in [0.25, 0.3) is 0 Å². The molecule has 182 valence electrons. The largest absolute Gasteiger partial charge is 0.339 e. The quantitative estimate of drug-likeness (QED) is 0.547. The molecule has 4 aliphatic carbocycles. The van der Waals surface area contributed by atoms with Crippen molar-refractivity contribution < 1.29 is 23.5 Å². The number of hydrogen-bond donors (Lipinski definition) is 0. The van der Waals surface area contributed by atoms with Gasteiger partial charge in [-0.2, -0.15) is 0 Å². The van der Waals surface area contributed by atoms with Gasteiger partial charge in [0.2, 0.25) is 0 Å². The molecule has 0 N–H and O–H groups in total. The number of hydrogen-bond acceptors (Lipinski definition) is 4. The van der Waals surface area contributed by atoms with Crippen molar-refractivity contribution in [1.82, 2.24) is 0 Å². The van der Waals surface area contributed by atoms with Crippen molar-refractivity contribution in [2.45, 2.75) is 90.1 Å². The van der Waals surface area contributed by atoms with Crippen LogP contribution in [-0.2, 0) is 24.8 Å². The maximum atomic E-state index is 13.6. The summed E-state index contributed by atoms with van der Waals surface area (Å²) in [5.74, 6) is 0.310. The molecule has 1 saturated heterocycles. The molecule has 5 aliphatic rings. The Kier molecular flexibility index (Phi) is 4.72. The van der Waals surface area contributed by atoms with Crippen molar-refractivity contribution in [2.75, 3.05) is 0 Å². The summed E-state index contributed by atoms with van der Waals surface area (Å²) in [6, 6.07) is 6.23. The van der Waals surface area contributed by atoms with E-state index in [4.69, 9.17) is 9.47 Å². The van der Waals surface area contributed by atoms with E-state index < -0.39 is 11.4 Å². The normalized spacial score (nSPS) is 47.3. The second-order valence-electron chi connectivity index (χ2n) is 12.1. The zero-order chi connectivity index (χ0) is 24.1. The number of halogens is 1. The van der Waals surface area contributed by atoms with Crippen molar-refractivity contribution in [2.24, 2.45) is 28.6 Å². The van der Waals surface area contributed by atoms with E-state index in [0.29, 0.717) is 24.2 Å². The van der Waals surface area contributed by atoms with Crippen molar-refractivity contribution in [3.8, 4) is 0 Å². The fourth-order valence-electron chi connectivity index (χ4n) is 9.04. The third-order valence-corrected chi connectivity index (χ3v) is 10.7. The number of rotatable bonds is 2. The highest BCUT2D eigenvalue weighted by Crippen LogP contribution is 2.71. The molecule has 3 saturated carbocycles. The van der Waals surface area contributed by atoms with E-state index in [1.807, 2.05) is 13.0 Å². The molecule has 1 heterocycles. The molecular weight excluding hydrogens is 430 g/mol. The van der Waals surface area contributed by atoms with Gasteiger partial charge in [-0.05, 0) is 93.7 Å². The van der Waals surface area contributed by atoms with Crippen molar-refractivity contribution in [3.63, 3.8) is 0 Å². The van der Waals surface area contributed by atoms with Gasteiger partial charge in [0.05, 0.1) is 6.10 Å². The third kappa shape index (κ3) is 2.71. The second-order valence-corrected chi connectivity index (χ2v) is 12.1. The Balaban J connectivity index is 1.37. The zero-order valence-electron chi connectivity index (χ0n) is 20.7. The summed E-state index contributed by atoms with van der Waals surface area (Å²) in [5, 5.41) is 0. The van der Waals surface area contributed by atoms with E-state index in [1.54, 1.807) is 19.1 Å². The number of Topliss-reactive ketones (excluding diaryl/α,β-unsaturated/α-hetero) is 1. The van der Waals surface area contributed by atoms with Gasteiger partial charge in [0, 0.05) is 17.4 Å². The van der Waals surface area contributed by atoms with Crippen LogP contribution in [0.25, 0.3) is 0 Å². The Morgan fingerprint density at radius 2 is 1.76 bits per heavy atom. The topological polar surface area (TPSA) is 52.6 Å². The molecule has 8 atom stereocenters. The minimum atomic E-state index is -1.08. The number of benzene rings is 1. The van der Waals surface area contributed by atoms with E-state index in [0.717, 1.165) is 44.1 Å². The minimum Gasteiger partial charge on any atom is -0.339 e. The van der Waals surface area contributed by atoms with Gasteiger partial charge >= 0.3 is 0 Å². The van der Waals surface area contributed by atoms with Crippen LogP contribution in [0.5, 0.6) is 0 Å². The Hall–Kier alpha value is -1.85. The average Bonchev–Trinajstić information content (AvgIpc) is 3.23. The van der Waals surface area contributed by atoms with Crippen LogP contribution >= 0.6 is 0 Å². The van der Waals surface area contributed by atoms with Crippen LogP contribution in [0.3, 0.4) is 0 Å². The van der Waals surface area contributed by atoms with Gasteiger partial charge < -0.3 is 9.47 Å². The fraction of sp³-hybridized carbons (Fsp3) is 0.655. The maximum absolute atomic E-state index is 13.6. The lowest BCUT2D eigenvalue weighted by Gasteiger charge is -2.59. The van der Waals surface area contributed by atoms with Crippen LogP contribution in [-0.4, -0.2) is 23.3 Å². The summed E-state index contributed by atoms with van der Waals surface area (Å²) in [5.41, 5.74) is 0.869. The van der Waals surface area contributed by atoms with Crippen molar-refractivity contribution in [3.05, 3.63) is 47.3 Å². The number of fused-ring (bicyclic) bond motifs is 7. The molecule has 4 nitrogen and oxygen atoms in total. The molecule has 6 rings (SSSR count). The molecule has 0 unspecified atom stereocenters. The fourth-order valence-corrected chi connectivity index (χ4v) is 9.04. The number of carbonyl (C=O) groups is 2. The summed E-state index contributed by atoms with van der Waals surface area (Å²) >= 11 is 0. The number of carbonyl (C=O) groups excluding carboxylic acids is 2. The van der Waals surface area contributed by atoms with E-state index in [9.17, 15) is 14.0 Å². The van der Waals surface area contributed by atoms with Crippen LogP contribution in [0.4, 0.5) is 4.39 Å². The predicted molar refractivity (Wildman–Crippen MR) is 125 cm³/mol. The summed E-state index contributed by atoms with van der Waals surface area (Å²) in [7, 11) is 0. The lowest BCUT2D eigenvalue weighted by molar-refractivity contribution is -0.227. The number of allylic oxidation sites excluding steroid dienone is 1. The average molecular weight is 466 g/mol. The highest BCUT2D eigenvalue weighted by atomic mass is 18.2. The van der Waals surface area contributed by atoms with Gasteiger partial charge in [0.15, 0.2) is 23.0 Å². The SMILES string of the molecule is CC(=O)[C@@]12O[C@](C)(c3ccc([18F])cc3)O[C@@H]1C[C@H]1[C@@H]3CCC4=CC(=O)CC[C@]4(C)[C@H]3CC[C@@]12C. The number of ketones is 2. The molecule has 0 spiro atoms. The van der Waals surface area contributed by atoms with Gasteiger partial charge in [-0.25, -0.2) is 4.39 Å². The van der Waals surface area contributed by atoms with Gasteiger partial charge in [-0.15, -0.1) is 0 Å². The number of ether oxygens (including phenoxy) is 2. The van der Waals surface area contributed by atoms with Crippen molar-refractivity contribution in [1.29, 1.82) is 0 Å². The van der Waals surface area contributed by atoms with Crippen LogP contribution in [0.1, 0.15) is 78.2 Å². The lowest BCUT2D eigenvalue weighted by atomic mass is 9.46. The van der Waals surface area contributed by atoms with Crippen LogP contribution in [0.2, 0.25) is 0 Å². The Morgan fingerprint density at radius 1 is 1.03 bits per heavy atom. The first-order chi connectivity index (χ1) is 16.0. The molecule has 0 amide bonds. The van der Waals surface area contributed by atoms with E-state index in [-0.39, 0.29) is 34.3 Å². The monoisotopic (exact) mass is 465 g/mol. The maximum Gasteiger partial charge on any atom is 0.193 e.